The summed E-state index contributed by atoms with van der Waals surface area (Å²) in [6.45, 7) is 8.23. The summed E-state index contributed by atoms with van der Waals surface area (Å²) in [4.78, 5) is 39.0. The van der Waals surface area contributed by atoms with Gasteiger partial charge in [-0.1, -0.05) is 52.8 Å². The Balaban J connectivity index is 0.00000341. The summed E-state index contributed by atoms with van der Waals surface area (Å²) in [7, 11) is 0. The fraction of sp³-hybridized carbons (Fsp3) is 0.500. The molecule has 1 saturated heterocycles. The Morgan fingerprint density at radius 2 is 1.71 bits per heavy atom. The molecule has 0 saturated carbocycles. The number of imide groups is 1. The van der Waals surface area contributed by atoms with E-state index in [-0.39, 0.29) is 24.9 Å². The second-order valence-electron chi connectivity index (χ2n) is 8.10. The zero-order valence-corrected chi connectivity index (χ0v) is 17.9. The number of hydrogen-bond acceptors (Lipinski definition) is 5. The van der Waals surface area contributed by atoms with Crippen molar-refractivity contribution in [3.8, 4) is 0 Å². The largest absolute Gasteiger partial charge is 0.374 e. The van der Waals surface area contributed by atoms with Crippen LogP contribution in [0.5, 0.6) is 0 Å². The molecule has 7 nitrogen and oxygen atoms in total. The van der Waals surface area contributed by atoms with Crippen molar-refractivity contribution in [3.63, 3.8) is 0 Å². The molecule has 168 valence electrons. The van der Waals surface area contributed by atoms with E-state index < -0.39 is 22.4 Å². The molecule has 1 aliphatic rings. The van der Waals surface area contributed by atoms with Crippen LogP contribution in [0.1, 0.15) is 54.4 Å². The van der Waals surface area contributed by atoms with E-state index in [1.165, 1.54) is 17.0 Å². The standard InChI is InChI=1S/C23H28N2O5.CH4/c1-5-13-23(4,30-14-6-2)20-15(3)21(26)24(22(20)27)18-11-12-19(25(28)29)17-10-8-7-9-16(17)18;/h7-12,15,20H,5-6,13-14H2,1-4H3;1H4. The molecule has 1 heterocycles. The van der Waals surface area contributed by atoms with Crippen molar-refractivity contribution in [1.29, 1.82) is 0 Å². The van der Waals surface area contributed by atoms with Gasteiger partial charge in [0.25, 0.3) is 5.69 Å². The number of carbonyl (C=O) groups excluding carboxylic acids is 2. The Kier molecular flexibility index (Phi) is 7.54. The number of nitro benzene ring substituents is 1. The Morgan fingerprint density at radius 3 is 2.29 bits per heavy atom. The van der Waals surface area contributed by atoms with Gasteiger partial charge in [-0.15, -0.1) is 0 Å². The molecular formula is C24H32N2O5. The van der Waals surface area contributed by atoms with Crippen LogP contribution in [0.3, 0.4) is 0 Å². The molecule has 2 amide bonds. The fourth-order valence-corrected chi connectivity index (χ4v) is 4.61. The number of fused-ring (bicyclic) bond motifs is 1. The number of hydrogen-bond donors (Lipinski definition) is 0. The van der Waals surface area contributed by atoms with Crippen molar-refractivity contribution < 1.29 is 19.2 Å². The van der Waals surface area contributed by atoms with Gasteiger partial charge in [-0.25, -0.2) is 4.90 Å². The second-order valence-corrected chi connectivity index (χ2v) is 8.10. The Morgan fingerprint density at radius 1 is 1.06 bits per heavy atom. The lowest BCUT2D eigenvalue weighted by Crippen LogP contribution is -2.44. The lowest BCUT2D eigenvalue weighted by atomic mass is 9.78. The number of benzene rings is 2. The van der Waals surface area contributed by atoms with Crippen LogP contribution < -0.4 is 4.90 Å². The van der Waals surface area contributed by atoms with E-state index in [2.05, 4.69) is 0 Å². The molecule has 1 fully saturated rings. The summed E-state index contributed by atoms with van der Waals surface area (Å²) in [5.41, 5.74) is -0.419. The van der Waals surface area contributed by atoms with E-state index >= 15 is 0 Å². The highest BCUT2D eigenvalue weighted by Crippen LogP contribution is 2.43. The minimum absolute atomic E-state index is 0. The van der Waals surface area contributed by atoms with Crippen LogP contribution in [0.15, 0.2) is 36.4 Å². The number of amides is 2. The van der Waals surface area contributed by atoms with Crippen molar-refractivity contribution >= 4 is 34.0 Å². The molecular weight excluding hydrogens is 396 g/mol. The summed E-state index contributed by atoms with van der Waals surface area (Å²) >= 11 is 0. The number of carbonyl (C=O) groups is 2. The number of rotatable bonds is 8. The molecule has 7 heteroatoms. The van der Waals surface area contributed by atoms with Gasteiger partial charge in [0.2, 0.25) is 11.8 Å². The smallest absolute Gasteiger partial charge is 0.277 e. The molecule has 1 aliphatic heterocycles. The average Bonchev–Trinajstić information content (AvgIpc) is 2.94. The molecule has 0 radical (unpaired) electrons. The van der Waals surface area contributed by atoms with E-state index in [9.17, 15) is 19.7 Å². The number of ether oxygens (including phenoxy) is 1. The van der Waals surface area contributed by atoms with E-state index in [0.29, 0.717) is 29.5 Å². The van der Waals surface area contributed by atoms with Gasteiger partial charge in [0.05, 0.1) is 33.4 Å². The van der Waals surface area contributed by atoms with Gasteiger partial charge in [0.15, 0.2) is 0 Å². The fourth-order valence-electron chi connectivity index (χ4n) is 4.61. The number of non-ortho nitro benzene ring substituents is 1. The Hall–Kier alpha value is -2.80. The Labute approximate surface area is 183 Å². The quantitative estimate of drug-likeness (QED) is 0.315. The first-order valence-electron chi connectivity index (χ1n) is 10.4. The first kappa shape index (κ1) is 24.5. The summed E-state index contributed by atoms with van der Waals surface area (Å²) in [5.74, 6) is -1.75. The van der Waals surface area contributed by atoms with Crippen LogP contribution in [0.4, 0.5) is 11.4 Å². The van der Waals surface area contributed by atoms with Crippen LogP contribution in [-0.2, 0) is 14.3 Å². The SMILES string of the molecule is C.CCCOC(C)(CCC)C1C(=O)N(c2ccc([N+](=O)[O-])c3ccccc23)C(=O)C1C. The van der Waals surface area contributed by atoms with Gasteiger partial charge < -0.3 is 4.74 Å². The molecule has 0 spiro atoms. The highest BCUT2D eigenvalue weighted by molar-refractivity contribution is 6.25. The van der Waals surface area contributed by atoms with E-state index in [1.807, 2.05) is 20.8 Å². The summed E-state index contributed by atoms with van der Waals surface area (Å²) in [6, 6.07) is 9.64. The van der Waals surface area contributed by atoms with Crippen molar-refractivity contribution in [2.75, 3.05) is 11.5 Å². The normalized spacial score (nSPS) is 20.6. The maximum absolute atomic E-state index is 13.6. The second kappa shape index (κ2) is 9.56. The lowest BCUT2D eigenvalue weighted by molar-refractivity contribution is -0.383. The number of anilines is 1. The van der Waals surface area contributed by atoms with Crippen LogP contribution >= 0.6 is 0 Å². The lowest BCUT2D eigenvalue weighted by Gasteiger charge is -2.35. The Bertz CT molecular complexity index is 989. The van der Waals surface area contributed by atoms with Gasteiger partial charge >= 0.3 is 0 Å². The highest BCUT2D eigenvalue weighted by atomic mass is 16.6. The predicted octanol–water partition coefficient (Wildman–Crippen LogP) is 5.50. The van der Waals surface area contributed by atoms with Crippen LogP contribution in [-0.4, -0.2) is 28.9 Å². The molecule has 2 aromatic carbocycles. The predicted molar refractivity (Wildman–Crippen MR) is 122 cm³/mol. The average molecular weight is 429 g/mol. The molecule has 2 aromatic rings. The molecule has 3 atom stereocenters. The monoisotopic (exact) mass is 428 g/mol. The van der Waals surface area contributed by atoms with Crippen molar-refractivity contribution in [2.24, 2.45) is 11.8 Å². The van der Waals surface area contributed by atoms with Crippen LogP contribution in [0, 0.1) is 22.0 Å². The zero-order valence-electron chi connectivity index (χ0n) is 17.9. The van der Waals surface area contributed by atoms with Gasteiger partial charge in [-0.05, 0) is 31.9 Å². The van der Waals surface area contributed by atoms with E-state index in [4.69, 9.17) is 4.74 Å². The minimum Gasteiger partial charge on any atom is -0.374 e. The van der Waals surface area contributed by atoms with E-state index in [1.54, 1.807) is 31.2 Å². The van der Waals surface area contributed by atoms with Crippen molar-refractivity contribution in [3.05, 3.63) is 46.5 Å². The molecule has 0 aliphatic carbocycles. The minimum atomic E-state index is -0.748. The van der Waals surface area contributed by atoms with Gasteiger partial charge in [-0.3, -0.25) is 19.7 Å². The number of nitro groups is 1. The number of nitrogens with zero attached hydrogens (tertiary/aromatic N) is 2. The summed E-state index contributed by atoms with van der Waals surface area (Å²) in [5, 5.41) is 12.3. The molecule has 0 N–H and O–H groups in total. The third-order valence-electron chi connectivity index (χ3n) is 5.95. The maximum atomic E-state index is 13.6. The first-order chi connectivity index (χ1) is 14.3. The molecule has 31 heavy (non-hydrogen) atoms. The summed E-state index contributed by atoms with van der Waals surface area (Å²) < 4.78 is 6.13. The van der Waals surface area contributed by atoms with E-state index in [0.717, 1.165) is 12.8 Å². The van der Waals surface area contributed by atoms with Crippen LogP contribution in [0.2, 0.25) is 0 Å². The van der Waals surface area contributed by atoms with Gasteiger partial charge in [0, 0.05) is 18.1 Å². The first-order valence-corrected chi connectivity index (χ1v) is 10.4. The third-order valence-corrected chi connectivity index (χ3v) is 5.95. The highest BCUT2D eigenvalue weighted by Gasteiger charge is 2.54. The molecule has 3 unspecified atom stereocenters. The molecule has 3 rings (SSSR count). The van der Waals surface area contributed by atoms with Gasteiger partial charge in [0.1, 0.15) is 0 Å². The van der Waals surface area contributed by atoms with Crippen molar-refractivity contribution in [1.82, 2.24) is 0 Å². The van der Waals surface area contributed by atoms with Gasteiger partial charge in [-0.2, -0.15) is 0 Å². The van der Waals surface area contributed by atoms with Crippen molar-refractivity contribution in [2.45, 2.75) is 60.0 Å². The molecule has 0 bridgehead atoms. The topological polar surface area (TPSA) is 89.8 Å². The van der Waals surface area contributed by atoms with Crippen LogP contribution in [0.25, 0.3) is 10.8 Å². The third kappa shape index (κ3) is 4.19. The summed E-state index contributed by atoms with van der Waals surface area (Å²) in [6.07, 6.45) is 2.31. The zero-order chi connectivity index (χ0) is 22.1. The molecule has 0 aromatic heterocycles. The maximum Gasteiger partial charge on any atom is 0.277 e.